The highest BCUT2D eigenvalue weighted by molar-refractivity contribution is 5.88. The SMILES string of the molecule is C=C(Cc1ccccc1)C(=O)OCC.Nc1ccc(F)cc1. The molecule has 0 aromatic heterocycles. The molecule has 4 heteroatoms. The first-order valence-electron chi connectivity index (χ1n) is 6.92. The number of nitrogens with two attached hydrogens (primary N) is 1. The van der Waals surface area contributed by atoms with Gasteiger partial charge in [0, 0.05) is 17.7 Å². The zero-order valence-corrected chi connectivity index (χ0v) is 12.6. The minimum atomic E-state index is -0.309. The fourth-order valence-electron chi connectivity index (χ4n) is 1.61. The predicted octanol–water partition coefficient (Wildman–Crippen LogP) is 3.76. The Kier molecular flexibility index (Phi) is 7.40. The number of esters is 1. The Hall–Kier alpha value is -2.62. The Morgan fingerprint density at radius 2 is 1.73 bits per heavy atom. The molecule has 2 rings (SSSR count). The van der Waals surface area contributed by atoms with Crippen LogP contribution in [-0.2, 0) is 16.0 Å². The fraction of sp³-hybridized carbons (Fsp3) is 0.167. The second kappa shape index (κ2) is 9.34. The molecule has 2 N–H and O–H groups in total. The lowest BCUT2D eigenvalue weighted by Gasteiger charge is -2.04. The van der Waals surface area contributed by atoms with Crippen molar-refractivity contribution in [1.29, 1.82) is 0 Å². The molecule has 0 aliphatic rings. The summed E-state index contributed by atoms with van der Waals surface area (Å²) < 4.78 is 16.9. The molecule has 0 unspecified atom stereocenters. The molecule has 2 aromatic carbocycles. The zero-order chi connectivity index (χ0) is 16.4. The van der Waals surface area contributed by atoms with Crippen molar-refractivity contribution >= 4 is 11.7 Å². The summed E-state index contributed by atoms with van der Waals surface area (Å²) in [5.74, 6) is -0.560. The maximum absolute atomic E-state index is 12.0. The average Bonchev–Trinajstić information content (AvgIpc) is 2.52. The Balaban J connectivity index is 0.000000255. The summed E-state index contributed by atoms with van der Waals surface area (Å²) in [5.41, 5.74) is 7.42. The molecule has 0 saturated carbocycles. The first-order chi connectivity index (χ1) is 10.5. The van der Waals surface area contributed by atoms with Crippen LogP contribution >= 0.6 is 0 Å². The van der Waals surface area contributed by atoms with Crippen LogP contribution in [0, 0.1) is 5.82 Å². The minimum Gasteiger partial charge on any atom is -0.463 e. The second-order valence-corrected chi connectivity index (χ2v) is 4.54. The lowest BCUT2D eigenvalue weighted by Crippen LogP contribution is -2.08. The van der Waals surface area contributed by atoms with E-state index in [1.54, 1.807) is 6.92 Å². The van der Waals surface area contributed by atoms with Crippen LogP contribution in [0.2, 0.25) is 0 Å². The predicted molar refractivity (Wildman–Crippen MR) is 86.7 cm³/mol. The van der Waals surface area contributed by atoms with Crippen molar-refractivity contribution in [2.24, 2.45) is 0 Å². The molecule has 116 valence electrons. The lowest BCUT2D eigenvalue weighted by atomic mass is 10.1. The number of anilines is 1. The molecule has 0 heterocycles. The zero-order valence-electron chi connectivity index (χ0n) is 12.6. The number of hydrogen-bond donors (Lipinski definition) is 1. The average molecular weight is 301 g/mol. The van der Waals surface area contributed by atoms with Crippen LogP contribution in [0.5, 0.6) is 0 Å². The van der Waals surface area contributed by atoms with Crippen molar-refractivity contribution in [1.82, 2.24) is 0 Å². The summed E-state index contributed by atoms with van der Waals surface area (Å²) >= 11 is 0. The molecular formula is C18H20FNO2. The van der Waals surface area contributed by atoms with E-state index in [2.05, 4.69) is 6.58 Å². The van der Waals surface area contributed by atoms with Crippen LogP contribution in [-0.4, -0.2) is 12.6 Å². The number of ether oxygens (including phenoxy) is 1. The van der Waals surface area contributed by atoms with Crippen LogP contribution < -0.4 is 5.73 Å². The normalized spacial score (nSPS) is 9.36. The van der Waals surface area contributed by atoms with Gasteiger partial charge in [0.05, 0.1) is 6.61 Å². The molecular weight excluding hydrogens is 281 g/mol. The molecule has 3 nitrogen and oxygen atoms in total. The molecule has 0 atom stereocenters. The van der Waals surface area contributed by atoms with Crippen LogP contribution in [0.3, 0.4) is 0 Å². The molecule has 2 aromatic rings. The van der Waals surface area contributed by atoms with E-state index in [9.17, 15) is 9.18 Å². The van der Waals surface area contributed by atoms with Gasteiger partial charge in [0.25, 0.3) is 0 Å². The molecule has 0 amide bonds. The standard InChI is InChI=1S/C12H14O2.C6H6FN/c1-3-14-12(13)10(2)9-11-7-5-4-6-8-11;7-5-1-3-6(8)4-2-5/h4-8H,2-3,9H2,1H3;1-4H,8H2. The van der Waals surface area contributed by atoms with Gasteiger partial charge in [0.15, 0.2) is 0 Å². The summed E-state index contributed by atoms with van der Waals surface area (Å²) in [4.78, 5) is 11.2. The number of carbonyl (C=O) groups excluding carboxylic acids is 1. The quantitative estimate of drug-likeness (QED) is 0.531. The van der Waals surface area contributed by atoms with Crippen molar-refractivity contribution in [3.63, 3.8) is 0 Å². The van der Waals surface area contributed by atoms with Gasteiger partial charge in [-0.15, -0.1) is 0 Å². The summed E-state index contributed by atoms with van der Waals surface area (Å²) in [5, 5.41) is 0. The first kappa shape index (κ1) is 17.4. The maximum atomic E-state index is 12.0. The summed E-state index contributed by atoms with van der Waals surface area (Å²) in [6.45, 7) is 5.87. The van der Waals surface area contributed by atoms with E-state index in [1.807, 2.05) is 30.3 Å². The second-order valence-electron chi connectivity index (χ2n) is 4.54. The molecule has 0 aliphatic carbocycles. The van der Waals surface area contributed by atoms with Crippen molar-refractivity contribution in [3.8, 4) is 0 Å². The lowest BCUT2D eigenvalue weighted by molar-refractivity contribution is -0.138. The number of benzene rings is 2. The summed E-state index contributed by atoms with van der Waals surface area (Å²) in [6, 6.07) is 15.4. The van der Waals surface area contributed by atoms with E-state index in [4.69, 9.17) is 10.5 Å². The van der Waals surface area contributed by atoms with Crippen molar-refractivity contribution in [2.75, 3.05) is 12.3 Å². The van der Waals surface area contributed by atoms with E-state index in [-0.39, 0.29) is 11.8 Å². The number of carbonyl (C=O) groups is 1. The molecule has 0 radical (unpaired) electrons. The highest BCUT2D eigenvalue weighted by Crippen LogP contribution is 2.07. The van der Waals surface area contributed by atoms with E-state index < -0.39 is 0 Å². The number of nitrogen functional groups attached to an aromatic ring is 1. The first-order valence-corrected chi connectivity index (χ1v) is 6.92. The topological polar surface area (TPSA) is 52.3 Å². The van der Waals surface area contributed by atoms with E-state index in [1.165, 1.54) is 24.3 Å². The van der Waals surface area contributed by atoms with Gasteiger partial charge in [-0.2, -0.15) is 0 Å². The Labute approximate surface area is 130 Å². The molecule has 0 bridgehead atoms. The van der Waals surface area contributed by atoms with Crippen LogP contribution in [0.1, 0.15) is 12.5 Å². The third-order valence-electron chi connectivity index (χ3n) is 2.69. The maximum Gasteiger partial charge on any atom is 0.333 e. The van der Waals surface area contributed by atoms with Crippen molar-refractivity contribution in [3.05, 3.63) is 78.1 Å². The molecule has 22 heavy (non-hydrogen) atoms. The largest absolute Gasteiger partial charge is 0.463 e. The van der Waals surface area contributed by atoms with E-state index in [0.29, 0.717) is 24.3 Å². The number of halogens is 1. The van der Waals surface area contributed by atoms with Gasteiger partial charge in [0.2, 0.25) is 0 Å². The van der Waals surface area contributed by atoms with Gasteiger partial charge in [-0.1, -0.05) is 36.9 Å². The number of hydrogen-bond acceptors (Lipinski definition) is 3. The fourth-order valence-corrected chi connectivity index (χ4v) is 1.61. The van der Waals surface area contributed by atoms with Gasteiger partial charge in [-0.3, -0.25) is 0 Å². The van der Waals surface area contributed by atoms with Gasteiger partial charge in [0.1, 0.15) is 5.82 Å². The molecule has 0 saturated heterocycles. The number of rotatable bonds is 4. The van der Waals surface area contributed by atoms with Crippen LogP contribution in [0.25, 0.3) is 0 Å². The highest BCUT2D eigenvalue weighted by atomic mass is 19.1. The Morgan fingerprint density at radius 1 is 1.14 bits per heavy atom. The third-order valence-corrected chi connectivity index (χ3v) is 2.69. The van der Waals surface area contributed by atoms with Crippen LogP contribution in [0.15, 0.2) is 66.7 Å². The minimum absolute atomic E-state index is 0.251. The van der Waals surface area contributed by atoms with Crippen LogP contribution in [0.4, 0.5) is 10.1 Å². The monoisotopic (exact) mass is 301 g/mol. The third kappa shape index (κ3) is 6.70. The highest BCUT2D eigenvalue weighted by Gasteiger charge is 2.07. The van der Waals surface area contributed by atoms with Gasteiger partial charge in [-0.05, 0) is 36.8 Å². The van der Waals surface area contributed by atoms with E-state index in [0.717, 1.165) is 5.56 Å². The van der Waals surface area contributed by atoms with Crippen molar-refractivity contribution < 1.29 is 13.9 Å². The summed E-state index contributed by atoms with van der Waals surface area (Å²) in [7, 11) is 0. The van der Waals surface area contributed by atoms with Gasteiger partial charge in [-0.25, -0.2) is 9.18 Å². The molecule has 0 fully saturated rings. The molecule has 0 aliphatic heterocycles. The van der Waals surface area contributed by atoms with Gasteiger partial charge < -0.3 is 10.5 Å². The summed E-state index contributed by atoms with van der Waals surface area (Å²) in [6.07, 6.45) is 0.555. The smallest absolute Gasteiger partial charge is 0.333 e. The van der Waals surface area contributed by atoms with Gasteiger partial charge >= 0.3 is 5.97 Å². The Bertz CT molecular complexity index is 573. The van der Waals surface area contributed by atoms with E-state index >= 15 is 0 Å². The van der Waals surface area contributed by atoms with Crippen molar-refractivity contribution in [2.45, 2.75) is 13.3 Å². The Morgan fingerprint density at radius 3 is 2.23 bits per heavy atom. The molecule has 0 spiro atoms.